The van der Waals surface area contributed by atoms with Gasteiger partial charge >= 0.3 is 0 Å². The summed E-state index contributed by atoms with van der Waals surface area (Å²) in [6.45, 7) is 0. The maximum absolute atomic E-state index is 5.44. The number of para-hydroxylation sites is 2. The highest BCUT2D eigenvalue weighted by Gasteiger charge is 2.23. The van der Waals surface area contributed by atoms with Crippen molar-refractivity contribution in [1.29, 1.82) is 0 Å². The molecule has 0 fully saturated rings. The van der Waals surface area contributed by atoms with Crippen LogP contribution in [0.4, 0.5) is 0 Å². The van der Waals surface area contributed by atoms with Crippen LogP contribution in [0.1, 0.15) is 0 Å². The van der Waals surface area contributed by atoms with Gasteiger partial charge in [0.2, 0.25) is 0 Å². The molecule has 98 heavy (non-hydrogen) atoms. The standard InChI is InChI=1S/C86H50N8S4/c1-4-19-51(20-5-1)60-48-61(50-62(49-60)82-90-80(57-23-8-3-9-24-57)92-84(94-82)66-30-18-38-74-76(66)64-28-16-32-68(78(64)96-74)86-88-70-34-11-13-36-72(70)98-86)55-45-41-53(42-46-55)52-39-43-54(44-40-52)58-25-14-26-59(47-58)81-89-79(56-21-6-2-7-22-56)91-83(93-81)65-29-17-37-73-75(65)63-27-15-31-67(77(63)95-73)85-87-69-33-10-12-35-71(69)97-85/h1-50H. The van der Waals surface area contributed by atoms with Crippen LogP contribution in [0, 0.1) is 0 Å². The average molecular weight is 1320 g/mol. The van der Waals surface area contributed by atoms with Gasteiger partial charge in [0.25, 0.3) is 0 Å². The van der Waals surface area contributed by atoms with Gasteiger partial charge in [-0.1, -0.05) is 243 Å². The highest BCUT2D eigenvalue weighted by atomic mass is 32.1. The molecular weight excluding hydrogens is 1270 g/mol. The predicted molar refractivity (Wildman–Crippen MR) is 411 cm³/mol. The maximum Gasteiger partial charge on any atom is 0.164 e. The van der Waals surface area contributed by atoms with Crippen LogP contribution >= 0.6 is 45.3 Å². The van der Waals surface area contributed by atoms with E-state index in [1.54, 1.807) is 45.3 Å². The lowest BCUT2D eigenvalue weighted by Gasteiger charge is -2.13. The third-order valence-electron chi connectivity index (χ3n) is 18.1. The Balaban J connectivity index is 0.652. The van der Waals surface area contributed by atoms with Gasteiger partial charge in [-0.3, -0.25) is 0 Å². The van der Waals surface area contributed by atoms with E-state index < -0.39 is 0 Å². The monoisotopic (exact) mass is 1320 g/mol. The first kappa shape index (κ1) is 57.5. The molecule has 0 saturated carbocycles. The van der Waals surface area contributed by atoms with Crippen molar-refractivity contribution < 1.29 is 0 Å². The molecule has 0 radical (unpaired) electrons. The van der Waals surface area contributed by atoms with Crippen molar-refractivity contribution in [3.05, 3.63) is 303 Å². The Morgan fingerprint density at radius 2 is 0.500 bits per heavy atom. The minimum atomic E-state index is 0.591. The first-order valence-electron chi connectivity index (χ1n) is 32.3. The minimum Gasteiger partial charge on any atom is -0.236 e. The van der Waals surface area contributed by atoms with Gasteiger partial charge in [-0.05, 0) is 105 Å². The highest BCUT2D eigenvalue weighted by Crippen LogP contribution is 2.48. The molecule has 458 valence electrons. The lowest BCUT2D eigenvalue weighted by Crippen LogP contribution is -2.01. The van der Waals surface area contributed by atoms with Crippen LogP contribution in [0.15, 0.2) is 303 Å². The Morgan fingerprint density at radius 1 is 0.184 bits per heavy atom. The Bertz CT molecular complexity index is 6240. The highest BCUT2D eigenvalue weighted by molar-refractivity contribution is 7.28. The van der Waals surface area contributed by atoms with Gasteiger partial charge in [-0.25, -0.2) is 39.9 Å². The van der Waals surface area contributed by atoms with E-state index in [4.69, 9.17) is 39.9 Å². The Hall–Kier alpha value is -11.9. The van der Waals surface area contributed by atoms with E-state index in [2.05, 4.69) is 261 Å². The van der Waals surface area contributed by atoms with Crippen molar-refractivity contribution in [3.63, 3.8) is 0 Å². The summed E-state index contributed by atoms with van der Waals surface area (Å²) in [5, 5.41) is 6.57. The van der Waals surface area contributed by atoms with E-state index in [-0.39, 0.29) is 0 Å². The average Bonchev–Trinajstić information content (AvgIpc) is 1.57. The summed E-state index contributed by atoms with van der Waals surface area (Å²) in [4.78, 5) is 41.9. The molecule has 0 N–H and O–H groups in total. The second kappa shape index (κ2) is 24.1. The number of rotatable bonds is 12. The second-order valence-corrected chi connectivity index (χ2v) is 28.3. The third kappa shape index (κ3) is 10.4. The molecule has 0 atom stereocenters. The molecule has 6 heterocycles. The van der Waals surface area contributed by atoms with Crippen LogP contribution in [0.5, 0.6) is 0 Å². The molecule has 0 aliphatic heterocycles. The molecule has 0 aliphatic carbocycles. The first-order chi connectivity index (χ1) is 48.5. The van der Waals surface area contributed by atoms with Crippen LogP contribution in [0.25, 0.3) is 195 Å². The molecule has 0 unspecified atom stereocenters. The van der Waals surface area contributed by atoms with Crippen LogP contribution in [0.2, 0.25) is 0 Å². The topological polar surface area (TPSA) is 103 Å². The van der Waals surface area contributed by atoms with Crippen molar-refractivity contribution in [3.8, 4) is 134 Å². The summed E-state index contributed by atoms with van der Waals surface area (Å²) in [6, 6.07) is 107. The zero-order valence-electron chi connectivity index (χ0n) is 52.1. The van der Waals surface area contributed by atoms with Gasteiger partial charge < -0.3 is 0 Å². The number of hydrogen-bond acceptors (Lipinski definition) is 12. The molecule has 13 aromatic carbocycles. The van der Waals surface area contributed by atoms with Crippen LogP contribution < -0.4 is 0 Å². The van der Waals surface area contributed by atoms with Gasteiger partial charge in [0.15, 0.2) is 34.9 Å². The summed E-state index contributed by atoms with van der Waals surface area (Å²) < 4.78 is 7.06. The predicted octanol–water partition coefficient (Wildman–Crippen LogP) is 24.0. The van der Waals surface area contributed by atoms with E-state index in [0.717, 1.165) is 141 Å². The lowest BCUT2D eigenvalue weighted by molar-refractivity contribution is 1.08. The van der Waals surface area contributed by atoms with Crippen LogP contribution in [-0.4, -0.2) is 39.9 Å². The maximum atomic E-state index is 5.44. The summed E-state index contributed by atoms with van der Waals surface area (Å²) in [5.41, 5.74) is 18.5. The van der Waals surface area contributed by atoms with E-state index >= 15 is 0 Å². The molecule has 12 heteroatoms. The summed E-state index contributed by atoms with van der Waals surface area (Å²) in [7, 11) is 0. The number of aromatic nitrogens is 8. The van der Waals surface area contributed by atoms with Crippen molar-refractivity contribution in [2.24, 2.45) is 0 Å². The molecular formula is C86H50N8S4. The zero-order chi connectivity index (χ0) is 64.6. The largest absolute Gasteiger partial charge is 0.236 e. The molecule has 19 rings (SSSR count). The number of nitrogens with zero attached hydrogens (tertiary/aromatic N) is 8. The van der Waals surface area contributed by atoms with Crippen LogP contribution in [-0.2, 0) is 0 Å². The smallest absolute Gasteiger partial charge is 0.164 e. The van der Waals surface area contributed by atoms with E-state index in [0.29, 0.717) is 34.9 Å². The first-order valence-corrected chi connectivity index (χ1v) is 35.5. The fourth-order valence-corrected chi connectivity index (χ4v) is 17.9. The van der Waals surface area contributed by atoms with Crippen molar-refractivity contribution in [2.75, 3.05) is 0 Å². The summed E-state index contributed by atoms with van der Waals surface area (Å²) in [5.74, 6) is 3.65. The number of thiazole rings is 2. The number of benzene rings is 13. The van der Waals surface area contributed by atoms with Gasteiger partial charge in [-0.2, -0.15) is 0 Å². The fourth-order valence-electron chi connectivity index (χ4n) is 13.3. The van der Waals surface area contributed by atoms with E-state index in [1.807, 2.05) is 42.5 Å². The zero-order valence-corrected chi connectivity index (χ0v) is 55.3. The van der Waals surface area contributed by atoms with Crippen LogP contribution in [0.3, 0.4) is 0 Å². The van der Waals surface area contributed by atoms with Crippen molar-refractivity contribution in [2.45, 2.75) is 0 Å². The Labute approximate surface area is 579 Å². The number of fused-ring (bicyclic) bond motifs is 8. The second-order valence-electron chi connectivity index (χ2n) is 24.1. The molecule has 8 nitrogen and oxygen atoms in total. The summed E-state index contributed by atoms with van der Waals surface area (Å²) >= 11 is 7.04. The molecule has 0 amide bonds. The third-order valence-corrected chi connectivity index (χ3v) is 22.6. The van der Waals surface area contributed by atoms with Gasteiger partial charge in [0.1, 0.15) is 10.0 Å². The summed E-state index contributed by atoms with van der Waals surface area (Å²) in [6.07, 6.45) is 0. The van der Waals surface area contributed by atoms with Crippen molar-refractivity contribution in [1.82, 2.24) is 39.9 Å². The Kier molecular flexibility index (Phi) is 14.1. The molecule has 6 aromatic heterocycles. The molecule has 0 saturated heterocycles. The minimum absolute atomic E-state index is 0.591. The fraction of sp³-hybridized carbons (Fsp3) is 0. The molecule has 0 spiro atoms. The van der Waals surface area contributed by atoms with Gasteiger partial charge in [0, 0.05) is 84.9 Å². The quantitative estimate of drug-likeness (QED) is 0.119. The number of thiophene rings is 2. The Morgan fingerprint density at radius 3 is 0.980 bits per heavy atom. The molecule has 19 aromatic rings. The molecule has 0 aliphatic rings. The van der Waals surface area contributed by atoms with Crippen molar-refractivity contribution >= 4 is 106 Å². The molecule has 0 bridgehead atoms. The lowest BCUT2D eigenvalue weighted by atomic mass is 9.94. The normalized spacial score (nSPS) is 11.7. The van der Waals surface area contributed by atoms with Gasteiger partial charge in [0.05, 0.1) is 20.4 Å². The SMILES string of the molecule is c1ccc(-c2cc(-c3ccc(-c4ccc(-c5cccc(-c6nc(-c7ccccc7)nc(-c7cccc8sc9c(-c%10nc%11ccccc%11s%10)cccc9c78)n6)c5)cc4)cc3)cc(-c3nc(-c4ccccc4)nc(-c4cccc5sc6c(-c7nc8ccccc8s7)cccc6c45)n3)c2)cc1. The van der Waals surface area contributed by atoms with Gasteiger partial charge in [-0.15, -0.1) is 45.3 Å². The van der Waals surface area contributed by atoms with E-state index in [9.17, 15) is 0 Å². The number of hydrogen-bond donors (Lipinski definition) is 0. The van der Waals surface area contributed by atoms with E-state index in [1.165, 1.54) is 18.8 Å².